The number of ketones is 1. The van der Waals surface area contributed by atoms with Gasteiger partial charge in [-0.3, -0.25) is 9.59 Å². The molecule has 0 aliphatic carbocycles. The molecule has 0 amide bonds. The van der Waals surface area contributed by atoms with E-state index in [9.17, 15) is 14.7 Å². The van der Waals surface area contributed by atoms with Gasteiger partial charge in [-0.2, -0.15) is 0 Å². The Kier molecular flexibility index (Phi) is 4.56. The maximum atomic E-state index is 11.9. The number of rotatable bonds is 6. The first-order valence-electron chi connectivity index (χ1n) is 6.37. The molecule has 0 aliphatic rings. The molecule has 0 unspecified atom stereocenters. The maximum Gasteiger partial charge on any atom is 0.303 e. The maximum absolute atomic E-state index is 11.9. The Labute approximate surface area is 121 Å². The number of phenolic OH excluding ortho intramolecular Hbond substituents is 1. The molecule has 5 heteroatoms. The third-order valence-electron chi connectivity index (χ3n) is 2.81. The number of ether oxygens (including phenoxy) is 1. The van der Waals surface area contributed by atoms with E-state index in [4.69, 9.17) is 9.84 Å². The van der Waals surface area contributed by atoms with Crippen LogP contribution in [0.5, 0.6) is 17.2 Å². The molecule has 2 aromatic carbocycles. The van der Waals surface area contributed by atoms with Crippen molar-refractivity contribution in [1.82, 2.24) is 0 Å². The average molecular weight is 286 g/mol. The Bertz CT molecular complexity index is 649. The van der Waals surface area contributed by atoms with Crippen LogP contribution in [0.3, 0.4) is 0 Å². The molecule has 0 fully saturated rings. The van der Waals surface area contributed by atoms with Crippen LogP contribution in [0.25, 0.3) is 0 Å². The van der Waals surface area contributed by atoms with E-state index < -0.39 is 11.8 Å². The zero-order chi connectivity index (χ0) is 15.2. The molecule has 21 heavy (non-hydrogen) atoms. The fraction of sp³-hybridized carbons (Fsp3) is 0.125. The van der Waals surface area contributed by atoms with Crippen molar-refractivity contribution in [2.24, 2.45) is 0 Å². The molecule has 0 bridgehead atoms. The molecule has 5 nitrogen and oxygen atoms in total. The van der Waals surface area contributed by atoms with E-state index in [0.29, 0.717) is 11.5 Å². The van der Waals surface area contributed by atoms with Crippen molar-refractivity contribution >= 4 is 11.8 Å². The van der Waals surface area contributed by atoms with E-state index >= 15 is 0 Å². The zero-order valence-electron chi connectivity index (χ0n) is 11.2. The number of phenols is 1. The topological polar surface area (TPSA) is 83.8 Å². The monoisotopic (exact) mass is 286 g/mol. The summed E-state index contributed by atoms with van der Waals surface area (Å²) in [5, 5.41) is 18.3. The van der Waals surface area contributed by atoms with Gasteiger partial charge in [-0.25, -0.2) is 0 Å². The summed E-state index contributed by atoms with van der Waals surface area (Å²) in [7, 11) is 0. The van der Waals surface area contributed by atoms with E-state index in [0.717, 1.165) is 0 Å². The van der Waals surface area contributed by atoms with Gasteiger partial charge in [0.1, 0.15) is 17.2 Å². The van der Waals surface area contributed by atoms with E-state index in [-0.39, 0.29) is 24.2 Å². The van der Waals surface area contributed by atoms with E-state index in [1.165, 1.54) is 18.2 Å². The molecule has 108 valence electrons. The molecule has 2 aromatic rings. The van der Waals surface area contributed by atoms with Crippen molar-refractivity contribution in [2.75, 3.05) is 0 Å². The number of aromatic hydroxyl groups is 1. The van der Waals surface area contributed by atoms with Crippen LogP contribution in [-0.4, -0.2) is 22.0 Å². The molecular formula is C16H14O5. The zero-order valence-corrected chi connectivity index (χ0v) is 11.2. The predicted molar refractivity (Wildman–Crippen MR) is 75.8 cm³/mol. The lowest BCUT2D eigenvalue weighted by atomic mass is 10.1. The lowest BCUT2D eigenvalue weighted by Crippen LogP contribution is -2.04. The average Bonchev–Trinajstić information content (AvgIpc) is 2.48. The van der Waals surface area contributed by atoms with Crippen LogP contribution in [0.4, 0.5) is 0 Å². The third kappa shape index (κ3) is 4.07. The van der Waals surface area contributed by atoms with Crippen LogP contribution in [0.2, 0.25) is 0 Å². The number of carbonyl (C=O) groups excluding carboxylic acids is 1. The molecule has 0 heterocycles. The second kappa shape index (κ2) is 6.56. The number of Topliss-reactive ketones (excluding diaryl/α,β-unsaturated/α-hetero) is 1. The van der Waals surface area contributed by atoms with Gasteiger partial charge in [-0.1, -0.05) is 18.2 Å². The third-order valence-corrected chi connectivity index (χ3v) is 2.81. The summed E-state index contributed by atoms with van der Waals surface area (Å²) < 4.78 is 5.57. The SMILES string of the molecule is O=C(O)CCC(=O)c1cc(Oc2ccccc2)ccc1O. The van der Waals surface area contributed by atoms with Crippen LogP contribution in [0.1, 0.15) is 23.2 Å². The number of benzene rings is 2. The van der Waals surface area contributed by atoms with Crippen LogP contribution < -0.4 is 4.74 Å². The van der Waals surface area contributed by atoms with Gasteiger partial charge in [-0.05, 0) is 30.3 Å². The van der Waals surface area contributed by atoms with Gasteiger partial charge in [-0.15, -0.1) is 0 Å². The van der Waals surface area contributed by atoms with E-state index in [2.05, 4.69) is 0 Å². The second-order valence-electron chi connectivity index (χ2n) is 4.41. The molecule has 0 aliphatic heterocycles. The fourth-order valence-corrected chi connectivity index (χ4v) is 1.78. The molecule has 0 radical (unpaired) electrons. The van der Waals surface area contributed by atoms with E-state index in [1.807, 2.05) is 18.2 Å². The largest absolute Gasteiger partial charge is 0.507 e. The van der Waals surface area contributed by atoms with Crippen molar-refractivity contribution in [3.63, 3.8) is 0 Å². The first-order chi connectivity index (χ1) is 10.1. The highest BCUT2D eigenvalue weighted by Gasteiger charge is 2.14. The van der Waals surface area contributed by atoms with Crippen molar-refractivity contribution in [3.8, 4) is 17.2 Å². The molecule has 0 atom stereocenters. The number of carbonyl (C=O) groups is 2. The standard InChI is InChI=1S/C16H14O5/c17-14-7-6-12(21-11-4-2-1-3-5-11)10-13(14)15(18)8-9-16(19)20/h1-7,10,17H,8-9H2,(H,19,20). The molecule has 0 saturated carbocycles. The first-order valence-corrected chi connectivity index (χ1v) is 6.37. The van der Waals surface area contributed by atoms with Gasteiger partial charge in [0.15, 0.2) is 5.78 Å². The molecule has 0 aromatic heterocycles. The first kappa shape index (κ1) is 14.6. The minimum Gasteiger partial charge on any atom is -0.507 e. The molecule has 0 spiro atoms. The van der Waals surface area contributed by atoms with Crippen LogP contribution in [0.15, 0.2) is 48.5 Å². The fourth-order valence-electron chi connectivity index (χ4n) is 1.78. The van der Waals surface area contributed by atoms with Crippen molar-refractivity contribution in [3.05, 3.63) is 54.1 Å². The number of hydrogen-bond donors (Lipinski definition) is 2. The highest BCUT2D eigenvalue weighted by atomic mass is 16.5. The van der Waals surface area contributed by atoms with Gasteiger partial charge in [0, 0.05) is 6.42 Å². The Morgan fingerprint density at radius 2 is 1.67 bits per heavy atom. The smallest absolute Gasteiger partial charge is 0.303 e. The summed E-state index contributed by atoms with van der Waals surface area (Å²) in [6.07, 6.45) is -0.445. The number of aliphatic carboxylic acids is 1. The number of carboxylic acids is 1. The summed E-state index contributed by atoms with van der Waals surface area (Å²) in [5.74, 6) is -0.677. The Hall–Kier alpha value is -2.82. The van der Waals surface area contributed by atoms with Gasteiger partial charge in [0.2, 0.25) is 0 Å². The minimum atomic E-state index is -1.06. The Balaban J connectivity index is 2.17. The quantitative estimate of drug-likeness (QED) is 0.796. The van der Waals surface area contributed by atoms with Crippen LogP contribution >= 0.6 is 0 Å². The number of carboxylic acid groups (broad SMARTS) is 1. The van der Waals surface area contributed by atoms with Gasteiger partial charge < -0.3 is 14.9 Å². The van der Waals surface area contributed by atoms with Gasteiger partial charge in [0.05, 0.1) is 12.0 Å². The second-order valence-corrected chi connectivity index (χ2v) is 4.41. The van der Waals surface area contributed by atoms with Crippen molar-refractivity contribution < 1.29 is 24.5 Å². The van der Waals surface area contributed by atoms with Crippen molar-refractivity contribution in [1.29, 1.82) is 0 Å². The number of hydrogen-bond acceptors (Lipinski definition) is 4. The molecular weight excluding hydrogens is 272 g/mol. The lowest BCUT2D eigenvalue weighted by molar-refractivity contribution is -0.136. The summed E-state index contributed by atoms with van der Waals surface area (Å²) in [5.41, 5.74) is 0.0599. The van der Waals surface area contributed by atoms with E-state index in [1.54, 1.807) is 12.1 Å². The highest BCUT2D eigenvalue weighted by Crippen LogP contribution is 2.28. The van der Waals surface area contributed by atoms with Crippen LogP contribution in [0, 0.1) is 0 Å². The van der Waals surface area contributed by atoms with Crippen LogP contribution in [-0.2, 0) is 4.79 Å². The number of para-hydroxylation sites is 1. The lowest BCUT2D eigenvalue weighted by Gasteiger charge is -2.08. The Morgan fingerprint density at radius 1 is 0.952 bits per heavy atom. The normalized spacial score (nSPS) is 10.1. The Morgan fingerprint density at radius 3 is 2.33 bits per heavy atom. The summed E-state index contributed by atoms with van der Waals surface area (Å²) in [6.45, 7) is 0. The van der Waals surface area contributed by atoms with Gasteiger partial charge >= 0.3 is 5.97 Å². The molecule has 2 N–H and O–H groups in total. The highest BCUT2D eigenvalue weighted by molar-refractivity contribution is 6.00. The minimum absolute atomic E-state index is 0.0599. The molecule has 0 saturated heterocycles. The summed E-state index contributed by atoms with van der Waals surface area (Å²) >= 11 is 0. The summed E-state index contributed by atoms with van der Waals surface area (Å²) in [6, 6.07) is 13.3. The van der Waals surface area contributed by atoms with Gasteiger partial charge in [0.25, 0.3) is 0 Å². The van der Waals surface area contributed by atoms with Crippen molar-refractivity contribution in [2.45, 2.75) is 12.8 Å². The molecule has 2 rings (SSSR count). The predicted octanol–water partition coefficient (Wildman–Crippen LogP) is 3.23. The summed E-state index contributed by atoms with van der Waals surface area (Å²) in [4.78, 5) is 22.4.